The lowest BCUT2D eigenvalue weighted by atomic mass is 10.1. The Kier molecular flexibility index (Phi) is 2.87. The Hall–Kier alpha value is -1.00. The summed E-state index contributed by atoms with van der Waals surface area (Å²) in [5.41, 5.74) is 0.606. The topological polar surface area (TPSA) is 17.8 Å². The molecule has 1 rings (SSSR count). The summed E-state index contributed by atoms with van der Waals surface area (Å²) in [4.78, 5) is 0. The van der Waals surface area contributed by atoms with E-state index in [1.54, 1.807) is 6.07 Å². The lowest BCUT2D eigenvalue weighted by Crippen LogP contribution is -2.26. The molecule has 0 aliphatic rings. The van der Waals surface area contributed by atoms with Crippen LogP contribution in [0.4, 0.5) is 13.2 Å². The summed E-state index contributed by atoms with van der Waals surface area (Å²) in [6.07, 6.45) is -2.84. The first-order chi connectivity index (χ1) is 6.34. The van der Waals surface area contributed by atoms with Crippen molar-refractivity contribution < 1.29 is 13.2 Å². The van der Waals surface area contributed by atoms with Crippen LogP contribution in [-0.4, -0.2) is 16.0 Å². The minimum atomic E-state index is -4.24. The molecule has 1 aromatic heterocycles. The molecular weight excluding hydrogens is 193 g/mol. The average Bonchev–Trinajstić information content (AvgIpc) is 2.48. The van der Waals surface area contributed by atoms with E-state index in [2.05, 4.69) is 5.10 Å². The van der Waals surface area contributed by atoms with Crippen LogP contribution in [0.15, 0.2) is 12.3 Å². The zero-order valence-corrected chi connectivity index (χ0v) is 8.34. The number of alkyl halides is 3. The minimum Gasteiger partial charge on any atom is -0.257 e. The molecule has 0 radical (unpaired) electrons. The molecule has 0 unspecified atom stereocenters. The first-order valence-corrected chi connectivity index (χ1v) is 4.44. The SMILES string of the molecule is CC(C)c1ccnn1[C@H](C)C(F)(F)F. The maximum absolute atomic E-state index is 12.4. The van der Waals surface area contributed by atoms with E-state index in [0.717, 1.165) is 11.6 Å². The lowest BCUT2D eigenvalue weighted by molar-refractivity contribution is -0.165. The van der Waals surface area contributed by atoms with Gasteiger partial charge < -0.3 is 0 Å². The second-order valence-corrected chi connectivity index (χ2v) is 3.57. The highest BCUT2D eigenvalue weighted by molar-refractivity contribution is 5.06. The Morgan fingerprint density at radius 1 is 1.29 bits per heavy atom. The summed E-state index contributed by atoms with van der Waals surface area (Å²) in [7, 11) is 0. The van der Waals surface area contributed by atoms with Crippen LogP contribution in [0.3, 0.4) is 0 Å². The van der Waals surface area contributed by atoms with E-state index in [0.29, 0.717) is 5.69 Å². The Labute approximate surface area is 80.7 Å². The fourth-order valence-electron chi connectivity index (χ4n) is 1.24. The Balaban J connectivity index is 3.01. The maximum Gasteiger partial charge on any atom is 0.410 e. The van der Waals surface area contributed by atoms with E-state index in [9.17, 15) is 13.2 Å². The molecule has 5 heteroatoms. The molecule has 0 bridgehead atoms. The summed E-state index contributed by atoms with van der Waals surface area (Å²) < 4.78 is 38.2. The summed E-state index contributed by atoms with van der Waals surface area (Å²) in [5, 5.41) is 3.70. The van der Waals surface area contributed by atoms with Gasteiger partial charge in [-0.2, -0.15) is 18.3 Å². The molecule has 2 nitrogen and oxygen atoms in total. The molecule has 80 valence electrons. The van der Waals surface area contributed by atoms with Gasteiger partial charge in [0.05, 0.1) is 0 Å². The molecule has 0 aromatic carbocycles. The highest BCUT2D eigenvalue weighted by atomic mass is 19.4. The van der Waals surface area contributed by atoms with Gasteiger partial charge in [-0.05, 0) is 18.9 Å². The molecule has 0 saturated carbocycles. The number of aromatic nitrogens is 2. The minimum absolute atomic E-state index is 0.0438. The van der Waals surface area contributed by atoms with E-state index >= 15 is 0 Å². The Bertz CT molecular complexity index is 301. The predicted octanol–water partition coefficient (Wildman–Crippen LogP) is 3.13. The summed E-state index contributed by atoms with van der Waals surface area (Å²) in [6.45, 7) is 4.80. The van der Waals surface area contributed by atoms with Gasteiger partial charge in [-0.15, -0.1) is 0 Å². The summed E-state index contributed by atoms with van der Waals surface area (Å²) in [6, 6.07) is 0.0577. The van der Waals surface area contributed by atoms with Crippen molar-refractivity contribution >= 4 is 0 Å². The van der Waals surface area contributed by atoms with Crippen molar-refractivity contribution in [3.8, 4) is 0 Å². The zero-order valence-electron chi connectivity index (χ0n) is 8.34. The number of halogens is 3. The molecule has 0 aliphatic heterocycles. The molecule has 0 N–H and O–H groups in total. The summed E-state index contributed by atoms with van der Waals surface area (Å²) >= 11 is 0. The highest BCUT2D eigenvalue weighted by Crippen LogP contribution is 2.31. The molecule has 0 saturated heterocycles. The second-order valence-electron chi connectivity index (χ2n) is 3.57. The van der Waals surface area contributed by atoms with Crippen LogP contribution in [0.2, 0.25) is 0 Å². The predicted molar refractivity (Wildman–Crippen MR) is 47.1 cm³/mol. The summed E-state index contributed by atoms with van der Waals surface area (Å²) in [5.74, 6) is 0.0438. The third-order valence-electron chi connectivity index (χ3n) is 2.13. The quantitative estimate of drug-likeness (QED) is 0.726. The molecule has 0 fully saturated rings. The van der Waals surface area contributed by atoms with Crippen LogP contribution >= 0.6 is 0 Å². The van der Waals surface area contributed by atoms with Gasteiger partial charge >= 0.3 is 6.18 Å². The number of nitrogens with zero attached hydrogens (tertiary/aromatic N) is 2. The molecule has 1 aromatic rings. The van der Waals surface area contributed by atoms with Gasteiger partial charge in [0, 0.05) is 11.9 Å². The maximum atomic E-state index is 12.4. The third kappa shape index (κ3) is 2.08. The molecule has 1 atom stereocenters. The first kappa shape index (κ1) is 11.1. The lowest BCUT2D eigenvalue weighted by Gasteiger charge is -2.19. The average molecular weight is 206 g/mol. The van der Waals surface area contributed by atoms with Crippen LogP contribution in [-0.2, 0) is 0 Å². The van der Waals surface area contributed by atoms with E-state index in [-0.39, 0.29) is 5.92 Å². The van der Waals surface area contributed by atoms with Crippen LogP contribution in [0, 0.1) is 0 Å². The van der Waals surface area contributed by atoms with Crippen molar-refractivity contribution in [3.63, 3.8) is 0 Å². The van der Waals surface area contributed by atoms with E-state index in [1.807, 2.05) is 13.8 Å². The molecule has 0 aliphatic carbocycles. The molecular formula is C9H13F3N2. The monoisotopic (exact) mass is 206 g/mol. The van der Waals surface area contributed by atoms with Crippen LogP contribution in [0.1, 0.15) is 38.4 Å². The number of hydrogen-bond donors (Lipinski definition) is 0. The number of hydrogen-bond acceptors (Lipinski definition) is 1. The van der Waals surface area contributed by atoms with Crippen LogP contribution in [0.25, 0.3) is 0 Å². The van der Waals surface area contributed by atoms with E-state index < -0.39 is 12.2 Å². The van der Waals surface area contributed by atoms with Crippen molar-refractivity contribution in [3.05, 3.63) is 18.0 Å². The van der Waals surface area contributed by atoms with Gasteiger partial charge in [-0.3, -0.25) is 4.68 Å². The molecule has 1 heterocycles. The van der Waals surface area contributed by atoms with Crippen molar-refractivity contribution in [1.29, 1.82) is 0 Å². The van der Waals surface area contributed by atoms with Gasteiger partial charge in [-0.25, -0.2) is 0 Å². The standard InChI is InChI=1S/C9H13F3N2/c1-6(2)8-4-5-13-14(8)7(3)9(10,11)12/h4-7H,1-3H3/t7-/m1/s1. The van der Waals surface area contributed by atoms with Crippen LogP contribution < -0.4 is 0 Å². The van der Waals surface area contributed by atoms with Crippen molar-refractivity contribution in [1.82, 2.24) is 9.78 Å². The smallest absolute Gasteiger partial charge is 0.257 e. The molecule has 0 amide bonds. The number of rotatable bonds is 2. The van der Waals surface area contributed by atoms with Gasteiger partial charge in [0.1, 0.15) is 6.04 Å². The van der Waals surface area contributed by atoms with Crippen molar-refractivity contribution in [2.45, 2.75) is 38.9 Å². The van der Waals surface area contributed by atoms with Crippen LogP contribution in [0.5, 0.6) is 0 Å². The fourth-order valence-corrected chi connectivity index (χ4v) is 1.24. The van der Waals surface area contributed by atoms with Gasteiger partial charge in [0.15, 0.2) is 0 Å². The van der Waals surface area contributed by atoms with Gasteiger partial charge in [0.25, 0.3) is 0 Å². The third-order valence-corrected chi connectivity index (χ3v) is 2.13. The highest BCUT2D eigenvalue weighted by Gasteiger charge is 2.38. The van der Waals surface area contributed by atoms with Crippen molar-refractivity contribution in [2.75, 3.05) is 0 Å². The fraction of sp³-hybridized carbons (Fsp3) is 0.667. The largest absolute Gasteiger partial charge is 0.410 e. The zero-order chi connectivity index (χ0) is 10.9. The van der Waals surface area contributed by atoms with E-state index in [4.69, 9.17) is 0 Å². The first-order valence-electron chi connectivity index (χ1n) is 4.44. The molecule has 14 heavy (non-hydrogen) atoms. The Morgan fingerprint density at radius 2 is 1.86 bits per heavy atom. The van der Waals surface area contributed by atoms with E-state index in [1.165, 1.54) is 6.20 Å². The van der Waals surface area contributed by atoms with Gasteiger partial charge in [-0.1, -0.05) is 13.8 Å². The molecule has 0 spiro atoms. The normalized spacial score (nSPS) is 14.8. The second kappa shape index (κ2) is 3.63. The van der Waals surface area contributed by atoms with Crippen molar-refractivity contribution in [2.24, 2.45) is 0 Å². The van der Waals surface area contributed by atoms with Gasteiger partial charge in [0.2, 0.25) is 0 Å². The Morgan fingerprint density at radius 3 is 2.29 bits per heavy atom.